The van der Waals surface area contributed by atoms with E-state index in [1.165, 1.54) is 24.8 Å². The van der Waals surface area contributed by atoms with Crippen LogP contribution in [0.2, 0.25) is 0 Å². The molecular weight excluding hydrogens is 160 g/mol. The van der Waals surface area contributed by atoms with Crippen molar-refractivity contribution in [2.75, 3.05) is 13.1 Å². The highest BCUT2D eigenvalue weighted by molar-refractivity contribution is 4.97. The number of rotatable bonds is 6. The van der Waals surface area contributed by atoms with E-state index in [0.717, 1.165) is 19.0 Å². The number of hydrogen-bond acceptors (Lipinski definition) is 2. The second-order valence-corrected chi connectivity index (χ2v) is 4.72. The van der Waals surface area contributed by atoms with Crippen LogP contribution in [0.25, 0.3) is 0 Å². The predicted octanol–water partition coefficient (Wildman–Crippen LogP) is 1.67. The van der Waals surface area contributed by atoms with Crippen molar-refractivity contribution in [2.45, 2.75) is 38.6 Å². The summed E-state index contributed by atoms with van der Waals surface area (Å²) in [7, 11) is 0. The Kier molecular flexibility index (Phi) is 3.51. The van der Waals surface area contributed by atoms with Crippen LogP contribution in [-0.2, 0) is 0 Å². The van der Waals surface area contributed by atoms with Gasteiger partial charge < -0.3 is 11.1 Å². The van der Waals surface area contributed by atoms with Crippen molar-refractivity contribution in [3.63, 3.8) is 0 Å². The first kappa shape index (κ1) is 10.7. The lowest BCUT2D eigenvalue weighted by atomic mass is 9.94. The van der Waals surface area contributed by atoms with Crippen LogP contribution in [0, 0.1) is 5.92 Å². The van der Waals surface area contributed by atoms with Crippen LogP contribution in [0.4, 0.5) is 0 Å². The summed E-state index contributed by atoms with van der Waals surface area (Å²) in [6.45, 7) is 9.75. The lowest BCUT2D eigenvalue weighted by Gasteiger charge is -2.29. The summed E-state index contributed by atoms with van der Waals surface area (Å²) in [5.74, 6) is 0.922. The van der Waals surface area contributed by atoms with Gasteiger partial charge in [-0.25, -0.2) is 0 Å². The summed E-state index contributed by atoms with van der Waals surface area (Å²) in [5, 5.41) is 3.49. The SMILES string of the molecule is C=C(C)CNC(C)(CN)CC1CC1. The Morgan fingerprint density at radius 1 is 1.62 bits per heavy atom. The standard InChI is InChI=1S/C11H22N2/c1-9(2)7-13-11(3,8-12)6-10-4-5-10/h10,13H,1,4-8,12H2,2-3H3. The van der Waals surface area contributed by atoms with Gasteiger partial charge in [0.05, 0.1) is 0 Å². The molecule has 0 heterocycles. The van der Waals surface area contributed by atoms with Crippen molar-refractivity contribution >= 4 is 0 Å². The van der Waals surface area contributed by atoms with Gasteiger partial charge in [-0.3, -0.25) is 0 Å². The lowest BCUT2D eigenvalue weighted by Crippen LogP contribution is -2.49. The van der Waals surface area contributed by atoms with Crippen molar-refractivity contribution < 1.29 is 0 Å². The van der Waals surface area contributed by atoms with E-state index in [2.05, 4.69) is 18.8 Å². The zero-order chi connectivity index (χ0) is 9.90. The predicted molar refractivity (Wildman–Crippen MR) is 57.6 cm³/mol. The van der Waals surface area contributed by atoms with Crippen LogP contribution < -0.4 is 11.1 Å². The molecular formula is C11H22N2. The third kappa shape index (κ3) is 3.92. The van der Waals surface area contributed by atoms with Gasteiger partial charge >= 0.3 is 0 Å². The summed E-state index contributed by atoms with van der Waals surface area (Å²) in [5.41, 5.74) is 7.08. The molecule has 76 valence electrons. The van der Waals surface area contributed by atoms with Gasteiger partial charge in [0.1, 0.15) is 0 Å². The molecule has 2 heteroatoms. The Balaban J connectivity index is 2.32. The third-order valence-corrected chi connectivity index (χ3v) is 2.70. The van der Waals surface area contributed by atoms with Gasteiger partial charge in [0, 0.05) is 18.6 Å². The molecule has 1 fully saturated rings. The number of hydrogen-bond donors (Lipinski definition) is 2. The van der Waals surface area contributed by atoms with Gasteiger partial charge in [-0.2, -0.15) is 0 Å². The van der Waals surface area contributed by atoms with E-state index in [1.807, 2.05) is 6.92 Å². The largest absolute Gasteiger partial charge is 0.329 e. The fourth-order valence-electron chi connectivity index (χ4n) is 1.55. The molecule has 0 radical (unpaired) electrons. The van der Waals surface area contributed by atoms with E-state index in [9.17, 15) is 0 Å². The minimum absolute atomic E-state index is 0.125. The molecule has 0 bridgehead atoms. The highest BCUT2D eigenvalue weighted by atomic mass is 15.0. The zero-order valence-corrected chi connectivity index (χ0v) is 8.90. The third-order valence-electron chi connectivity index (χ3n) is 2.70. The van der Waals surface area contributed by atoms with Crippen LogP contribution in [0.5, 0.6) is 0 Å². The molecule has 0 saturated heterocycles. The molecule has 1 atom stereocenters. The summed E-state index contributed by atoms with van der Waals surface area (Å²) in [4.78, 5) is 0. The molecule has 3 N–H and O–H groups in total. The minimum atomic E-state index is 0.125. The first-order chi connectivity index (χ1) is 6.06. The monoisotopic (exact) mass is 182 g/mol. The minimum Gasteiger partial charge on any atom is -0.329 e. The normalized spacial score (nSPS) is 21.2. The van der Waals surface area contributed by atoms with Crippen LogP contribution >= 0.6 is 0 Å². The topological polar surface area (TPSA) is 38.0 Å². The second kappa shape index (κ2) is 4.25. The Hall–Kier alpha value is -0.340. The molecule has 1 unspecified atom stereocenters. The molecule has 0 amide bonds. The quantitative estimate of drug-likeness (QED) is 0.613. The van der Waals surface area contributed by atoms with Crippen LogP contribution in [0.3, 0.4) is 0 Å². The van der Waals surface area contributed by atoms with E-state index in [0.29, 0.717) is 0 Å². The number of nitrogens with one attached hydrogen (secondary N) is 1. The van der Waals surface area contributed by atoms with Gasteiger partial charge in [0.15, 0.2) is 0 Å². The van der Waals surface area contributed by atoms with E-state index in [4.69, 9.17) is 5.73 Å². The van der Waals surface area contributed by atoms with Crippen molar-refractivity contribution in [1.82, 2.24) is 5.32 Å². The number of nitrogens with two attached hydrogens (primary N) is 1. The molecule has 0 spiro atoms. The Morgan fingerprint density at radius 3 is 2.62 bits per heavy atom. The second-order valence-electron chi connectivity index (χ2n) is 4.72. The van der Waals surface area contributed by atoms with E-state index in [1.54, 1.807) is 0 Å². The van der Waals surface area contributed by atoms with Gasteiger partial charge in [0.25, 0.3) is 0 Å². The van der Waals surface area contributed by atoms with Gasteiger partial charge in [0.2, 0.25) is 0 Å². The first-order valence-electron chi connectivity index (χ1n) is 5.15. The van der Waals surface area contributed by atoms with Crippen molar-refractivity contribution in [1.29, 1.82) is 0 Å². The fourth-order valence-corrected chi connectivity index (χ4v) is 1.55. The summed E-state index contributed by atoms with van der Waals surface area (Å²) in [6, 6.07) is 0. The molecule has 1 aliphatic carbocycles. The van der Waals surface area contributed by atoms with Gasteiger partial charge in [-0.05, 0) is 26.2 Å². The first-order valence-corrected chi connectivity index (χ1v) is 5.15. The molecule has 0 aromatic carbocycles. The van der Waals surface area contributed by atoms with E-state index >= 15 is 0 Å². The molecule has 0 aromatic rings. The lowest BCUT2D eigenvalue weighted by molar-refractivity contribution is 0.334. The maximum absolute atomic E-state index is 5.78. The van der Waals surface area contributed by atoms with Crippen LogP contribution in [0.1, 0.15) is 33.1 Å². The van der Waals surface area contributed by atoms with Crippen molar-refractivity contribution in [3.05, 3.63) is 12.2 Å². The van der Waals surface area contributed by atoms with E-state index in [-0.39, 0.29) is 5.54 Å². The van der Waals surface area contributed by atoms with Gasteiger partial charge in [-0.1, -0.05) is 25.0 Å². The zero-order valence-electron chi connectivity index (χ0n) is 8.90. The molecule has 0 aliphatic heterocycles. The molecule has 0 aromatic heterocycles. The molecule has 2 nitrogen and oxygen atoms in total. The highest BCUT2D eigenvalue weighted by Crippen LogP contribution is 2.36. The Bertz CT molecular complexity index is 185. The summed E-state index contributed by atoms with van der Waals surface area (Å²) >= 11 is 0. The molecule has 1 rings (SSSR count). The Labute approximate surface area is 81.6 Å². The van der Waals surface area contributed by atoms with Gasteiger partial charge in [-0.15, -0.1) is 0 Å². The average molecular weight is 182 g/mol. The summed E-state index contributed by atoms with van der Waals surface area (Å²) in [6.07, 6.45) is 4.01. The fraction of sp³-hybridized carbons (Fsp3) is 0.818. The van der Waals surface area contributed by atoms with Crippen molar-refractivity contribution in [3.8, 4) is 0 Å². The van der Waals surface area contributed by atoms with E-state index < -0.39 is 0 Å². The molecule has 1 aliphatic rings. The average Bonchev–Trinajstić information content (AvgIpc) is 2.85. The van der Waals surface area contributed by atoms with Crippen molar-refractivity contribution in [2.24, 2.45) is 11.7 Å². The highest BCUT2D eigenvalue weighted by Gasteiger charge is 2.31. The molecule has 1 saturated carbocycles. The maximum atomic E-state index is 5.78. The summed E-state index contributed by atoms with van der Waals surface area (Å²) < 4.78 is 0. The smallest absolute Gasteiger partial charge is 0.0281 e. The Morgan fingerprint density at radius 2 is 2.23 bits per heavy atom. The van der Waals surface area contributed by atoms with Crippen LogP contribution in [-0.4, -0.2) is 18.6 Å². The molecule has 13 heavy (non-hydrogen) atoms. The maximum Gasteiger partial charge on any atom is 0.0281 e. The van der Waals surface area contributed by atoms with Crippen LogP contribution in [0.15, 0.2) is 12.2 Å².